The highest BCUT2D eigenvalue weighted by Crippen LogP contribution is 2.40. The Morgan fingerprint density at radius 2 is 2.00 bits per heavy atom. The van der Waals surface area contributed by atoms with Gasteiger partial charge in [-0.25, -0.2) is 0 Å². The maximum atomic E-state index is 6.28. The highest BCUT2D eigenvalue weighted by atomic mass is 35.5. The number of benzene rings is 1. The lowest BCUT2D eigenvalue weighted by molar-refractivity contribution is 0.184. The lowest BCUT2D eigenvalue weighted by atomic mass is 9.75. The van der Waals surface area contributed by atoms with Crippen LogP contribution < -0.4 is 0 Å². The summed E-state index contributed by atoms with van der Waals surface area (Å²) in [6.07, 6.45) is 9.43. The molecule has 0 saturated heterocycles. The molecule has 0 aliphatic heterocycles. The maximum Gasteiger partial charge on any atom is 0.0716 e. The van der Waals surface area contributed by atoms with E-state index in [0.29, 0.717) is 11.6 Å². The molecule has 18 heavy (non-hydrogen) atoms. The summed E-state index contributed by atoms with van der Waals surface area (Å²) < 4.78 is 5.26. The van der Waals surface area contributed by atoms with E-state index < -0.39 is 5.41 Å². The second kappa shape index (κ2) is 5.55. The second-order valence-electron chi connectivity index (χ2n) is 4.40. The Balaban J connectivity index is 2.56. The molecule has 0 heterocycles. The quantitative estimate of drug-likeness (QED) is 0.732. The maximum absolute atomic E-state index is 6.28. The Kier molecular flexibility index (Phi) is 4.05. The summed E-state index contributed by atoms with van der Waals surface area (Å²) in [7, 11) is 1.70. The first-order valence-electron chi connectivity index (χ1n) is 5.98. The van der Waals surface area contributed by atoms with Gasteiger partial charge in [-0.2, -0.15) is 0 Å². The molecule has 0 spiro atoms. The van der Waals surface area contributed by atoms with E-state index >= 15 is 0 Å². The van der Waals surface area contributed by atoms with Crippen LogP contribution in [-0.4, -0.2) is 7.11 Å². The monoisotopic (exact) mass is 260 g/mol. The molecule has 1 aliphatic rings. The molecule has 0 amide bonds. The van der Waals surface area contributed by atoms with Crippen LogP contribution in [0, 0.1) is 0 Å². The molecule has 0 unspecified atom stereocenters. The van der Waals surface area contributed by atoms with Crippen LogP contribution in [0.2, 0.25) is 0 Å². The number of hydrogen-bond donors (Lipinski definition) is 0. The van der Waals surface area contributed by atoms with Crippen molar-refractivity contribution in [2.75, 3.05) is 7.11 Å². The molecule has 0 N–H and O–H groups in total. The summed E-state index contributed by atoms with van der Waals surface area (Å²) in [5.74, 6) is 0. The molecule has 2 heteroatoms. The van der Waals surface area contributed by atoms with E-state index in [2.05, 4.69) is 43.0 Å². The van der Waals surface area contributed by atoms with Crippen molar-refractivity contribution < 1.29 is 4.74 Å². The first kappa shape index (κ1) is 13.1. The van der Waals surface area contributed by atoms with Gasteiger partial charge in [-0.1, -0.05) is 66.7 Å². The minimum Gasteiger partial charge on any atom is -0.380 e. The van der Waals surface area contributed by atoms with Gasteiger partial charge in [0.05, 0.1) is 12.0 Å². The van der Waals surface area contributed by atoms with Crippen LogP contribution in [0.3, 0.4) is 0 Å². The van der Waals surface area contributed by atoms with Crippen molar-refractivity contribution in [1.29, 1.82) is 0 Å². The van der Waals surface area contributed by atoms with Gasteiger partial charge in [-0.05, 0) is 17.5 Å². The summed E-state index contributed by atoms with van der Waals surface area (Å²) in [5, 5.41) is 0.609. The smallest absolute Gasteiger partial charge is 0.0716 e. The van der Waals surface area contributed by atoms with Crippen molar-refractivity contribution in [3.05, 3.63) is 71.3 Å². The molecule has 0 bridgehead atoms. The number of hydrogen-bond acceptors (Lipinski definition) is 1. The number of allylic oxidation sites excluding steroid dienone is 5. The van der Waals surface area contributed by atoms with Gasteiger partial charge >= 0.3 is 0 Å². The molecule has 2 rings (SSSR count). The van der Waals surface area contributed by atoms with Gasteiger partial charge in [0.25, 0.3) is 0 Å². The predicted molar refractivity (Wildman–Crippen MR) is 76.7 cm³/mol. The zero-order chi connectivity index (χ0) is 13.0. The molecule has 1 aromatic rings. The number of methoxy groups -OCH3 is 1. The van der Waals surface area contributed by atoms with Crippen molar-refractivity contribution in [2.45, 2.75) is 18.4 Å². The van der Waals surface area contributed by atoms with Crippen molar-refractivity contribution in [1.82, 2.24) is 0 Å². The minimum absolute atomic E-state index is 0.408. The Bertz CT molecular complexity index is 488. The largest absolute Gasteiger partial charge is 0.380 e. The van der Waals surface area contributed by atoms with E-state index in [1.807, 2.05) is 12.1 Å². The average Bonchev–Trinajstić information content (AvgIpc) is 2.40. The fourth-order valence-electron chi connectivity index (χ4n) is 2.35. The van der Waals surface area contributed by atoms with Gasteiger partial charge in [-0.15, -0.1) is 0 Å². The highest BCUT2D eigenvalue weighted by Gasteiger charge is 2.31. The first-order valence-corrected chi connectivity index (χ1v) is 6.36. The topological polar surface area (TPSA) is 9.23 Å². The number of ether oxygens (including phenoxy) is 1. The third kappa shape index (κ3) is 2.29. The standard InChI is InChI=1S/C16H17ClO/c1-13(17)16(10-6-3-7-11-16)15-9-5-4-8-14(15)12-18-2/h4-11H,1,3,12H2,2H3. The molecule has 0 atom stereocenters. The van der Waals surface area contributed by atoms with E-state index in [0.717, 1.165) is 17.5 Å². The van der Waals surface area contributed by atoms with E-state index in [-0.39, 0.29) is 0 Å². The summed E-state index contributed by atoms with van der Waals surface area (Å²) in [6.45, 7) is 4.52. The van der Waals surface area contributed by atoms with Gasteiger partial charge in [0.2, 0.25) is 0 Å². The summed E-state index contributed by atoms with van der Waals surface area (Å²) >= 11 is 6.28. The molecule has 1 aromatic carbocycles. The van der Waals surface area contributed by atoms with Gasteiger partial charge in [0, 0.05) is 12.1 Å². The van der Waals surface area contributed by atoms with Crippen molar-refractivity contribution in [3.63, 3.8) is 0 Å². The van der Waals surface area contributed by atoms with E-state index in [1.165, 1.54) is 0 Å². The van der Waals surface area contributed by atoms with Crippen molar-refractivity contribution in [3.8, 4) is 0 Å². The Morgan fingerprint density at radius 1 is 1.33 bits per heavy atom. The Morgan fingerprint density at radius 3 is 2.61 bits per heavy atom. The predicted octanol–water partition coefficient (Wildman–Crippen LogP) is 4.34. The highest BCUT2D eigenvalue weighted by molar-refractivity contribution is 6.31. The molecule has 0 radical (unpaired) electrons. The third-order valence-electron chi connectivity index (χ3n) is 3.25. The van der Waals surface area contributed by atoms with Gasteiger partial charge < -0.3 is 4.74 Å². The fraction of sp³-hybridized carbons (Fsp3) is 0.250. The second-order valence-corrected chi connectivity index (χ2v) is 4.86. The zero-order valence-corrected chi connectivity index (χ0v) is 11.3. The summed E-state index contributed by atoms with van der Waals surface area (Å²) in [6, 6.07) is 8.18. The average molecular weight is 261 g/mol. The molecule has 0 aromatic heterocycles. The van der Waals surface area contributed by atoms with Crippen molar-refractivity contribution >= 4 is 11.6 Å². The van der Waals surface area contributed by atoms with E-state index in [1.54, 1.807) is 7.11 Å². The lowest BCUT2D eigenvalue weighted by Crippen LogP contribution is -2.24. The molecule has 1 aliphatic carbocycles. The van der Waals surface area contributed by atoms with E-state index in [4.69, 9.17) is 16.3 Å². The van der Waals surface area contributed by atoms with E-state index in [9.17, 15) is 0 Å². The molecule has 1 nitrogen and oxygen atoms in total. The summed E-state index contributed by atoms with van der Waals surface area (Å²) in [5.41, 5.74) is 1.87. The molecular formula is C16H17ClO. The van der Waals surface area contributed by atoms with Crippen LogP contribution in [0.15, 0.2) is 60.2 Å². The lowest BCUT2D eigenvalue weighted by Gasteiger charge is -2.31. The summed E-state index contributed by atoms with van der Waals surface area (Å²) in [4.78, 5) is 0. The zero-order valence-electron chi connectivity index (χ0n) is 10.5. The van der Waals surface area contributed by atoms with Crippen LogP contribution in [0.5, 0.6) is 0 Å². The Labute approximate surface area is 113 Å². The minimum atomic E-state index is -0.408. The van der Waals surface area contributed by atoms with Crippen LogP contribution in [-0.2, 0) is 16.8 Å². The SMILES string of the molecule is C=C(Cl)C1(c2ccccc2COC)C=CCC=C1. The first-order chi connectivity index (χ1) is 8.70. The van der Waals surface area contributed by atoms with Crippen molar-refractivity contribution in [2.24, 2.45) is 0 Å². The Hall–Kier alpha value is -1.31. The molecule has 94 valence electrons. The number of halogens is 1. The van der Waals surface area contributed by atoms with Gasteiger partial charge in [-0.3, -0.25) is 0 Å². The fourth-order valence-corrected chi connectivity index (χ4v) is 2.58. The third-order valence-corrected chi connectivity index (χ3v) is 3.56. The van der Waals surface area contributed by atoms with Crippen LogP contribution in [0.4, 0.5) is 0 Å². The van der Waals surface area contributed by atoms with Crippen LogP contribution in [0.25, 0.3) is 0 Å². The molecule has 0 saturated carbocycles. The molecule has 0 fully saturated rings. The van der Waals surface area contributed by atoms with Gasteiger partial charge in [0.15, 0.2) is 0 Å². The number of rotatable bonds is 4. The van der Waals surface area contributed by atoms with Crippen LogP contribution in [0.1, 0.15) is 17.5 Å². The van der Waals surface area contributed by atoms with Gasteiger partial charge in [0.1, 0.15) is 0 Å². The normalized spacial score (nSPS) is 16.8. The molecular weight excluding hydrogens is 244 g/mol. The van der Waals surface area contributed by atoms with Crippen LogP contribution >= 0.6 is 11.6 Å².